The SMILES string of the molecule is Cc1ccc(F)c(C(=O)C2(CN)CCOCC2)c1F. The van der Waals surface area contributed by atoms with Crippen molar-refractivity contribution < 1.29 is 18.3 Å². The Balaban J connectivity index is 2.46. The van der Waals surface area contributed by atoms with Crippen molar-refractivity contribution in [2.75, 3.05) is 19.8 Å². The standard InChI is InChI=1S/C14H17F2NO2/c1-9-2-3-10(15)11(12(9)16)13(18)14(8-17)4-6-19-7-5-14/h2-3H,4-8,17H2,1H3. The van der Waals surface area contributed by atoms with Crippen molar-refractivity contribution in [2.45, 2.75) is 19.8 Å². The fourth-order valence-corrected chi connectivity index (χ4v) is 2.42. The summed E-state index contributed by atoms with van der Waals surface area (Å²) in [6, 6.07) is 2.44. The van der Waals surface area contributed by atoms with E-state index >= 15 is 0 Å². The third-order valence-corrected chi connectivity index (χ3v) is 3.83. The van der Waals surface area contributed by atoms with Crippen molar-refractivity contribution in [1.29, 1.82) is 0 Å². The molecule has 1 fully saturated rings. The minimum absolute atomic E-state index is 0.0714. The van der Waals surface area contributed by atoms with Crippen molar-refractivity contribution in [1.82, 2.24) is 0 Å². The summed E-state index contributed by atoms with van der Waals surface area (Å²) in [7, 11) is 0. The first-order valence-electron chi connectivity index (χ1n) is 6.29. The van der Waals surface area contributed by atoms with Crippen LogP contribution in [0, 0.1) is 24.0 Å². The number of ketones is 1. The van der Waals surface area contributed by atoms with Crippen LogP contribution in [0.15, 0.2) is 12.1 Å². The molecule has 2 rings (SSSR count). The maximum Gasteiger partial charge on any atom is 0.176 e. The highest BCUT2D eigenvalue weighted by Crippen LogP contribution is 2.35. The number of hydrogen-bond donors (Lipinski definition) is 1. The van der Waals surface area contributed by atoms with E-state index in [9.17, 15) is 13.6 Å². The van der Waals surface area contributed by atoms with E-state index in [4.69, 9.17) is 10.5 Å². The summed E-state index contributed by atoms with van der Waals surface area (Å²) in [5.74, 6) is -2.16. The molecule has 1 aliphatic rings. The number of carbonyl (C=O) groups is 1. The minimum Gasteiger partial charge on any atom is -0.381 e. The van der Waals surface area contributed by atoms with E-state index in [1.807, 2.05) is 0 Å². The van der Waals surface area contributed by atoms with Crippen LogP contribution in [0.2, 0.25) is 0 Å². The number of nitrogens with two attached hydrogens (primary N) is 1. The zero-order valence-electron chi connectivity index (χ0n) is 10.8. The molecular formula is C14H17F2NO2. The van der Waals surface area contributed by atoms with E-state index in [1.54, 1.807) is 0 Å². The van der Waals surface area contributed by atoms with Crippen LogP contribution in [0.1, 0.15) is 28.8 Å². The van der Waals surface area contributed by atoms with Gasteiger partial charge in [0.2, 0.25) is 0 Å². The van der Waals surface area contributed by atoms with Gasteiger partial charge in [-0.3, -0.25) is 4.79 Å². The first-order valence-corrected chi connectivity index (χ1v) is 6.29. The van der Waals surface area contributed by atoms with Gasteiger partial charge in [-0.1, -0.05) is 6.07 Å². The lowest BCUT2D eigenvalue weighted by Crippen LogP contribution is -2.44. The number of carbonyl (C=O) groups excluding carboxylic acids is 1. The van der Waals surface area contributed by atoms with Gasteiger partial charge in [0.15, 0.2) is 5.78 Å². The lowest BCUT2D eigenvalue weighted by atomic mass is 9.74. The third-order valence-electron chi connectivity index (χ3n) is 3.83. The number of benzene rings is 1. The molecule has 0 amide bonds. The van der Waals surface area contributed by atoms with Crippen LogP contribution in [0.4, 0.5) is 8.78 Å². The van der Waals surface area contributed by atoms with E-state index < -0.39 is 28.4 Å². The summed E-state index contributed by atoms with van der Waals surface area (Å²) in [6.07, 6.45) is 0.796. The number of Topliss-reactive ketones (excluding diaryl/α,β-unsaturated/α-hetero) is 1. The van der Waals surface area contributed by atoms with Gasteiger partial charge in [-0.2, -0.15) is 0 Å². The van der Waals surface area contributed by atoms with Crippen molar-refractivity contribution in [3.05, 3.63) is 34.9 Å². The molecule has 0 aliphatic carbocycles. The molecule has 0 saturated carbocycles. The highest BCUT2D eigenvalue weighted by Gasteiger charge is 2.41. The second-order valence-corrected chi connectivity index (χ2v) is 4.98. The van der Waals surface area contributed by atoms with Crippen LogP contribution >= 0.6 is 0 Å². The molecule has 19 heavy (non-hydrogen) atoms. The van der Waals surface area contributed by atoms with Gasteiger partial charge in [0.05, 0.1) is 11.0 Å². The van der Waals surface area contributed by atoms with Crippen LogP contribution < -0.4 is 5.73 Å². The largest absolute Gasteiger partial charge is 0.381 e. The molecule has 0 aromatic heterocycles. The Morgan fingerprint density at radius 3 is 2.58 bits per heavy atom. The average Bonchev–Trinajstić information content (AvgIpc) is 2.44. The minimum atomic E-state index is -0.909. The van der Waals surface area contributed by atoms with Crippen molar-refractivity contribution in [2.24, 2.45) is 11.1 Å². The zero-order valence-corrected chi connectivity index (χ0v) is 10.8. The molecule has 0 spiro atoms. The number of halogens is 2. The molecular weight excluding hydrogens is 252 g/mol. The van der Waals surface area contributed by atoms with Crippen LogP contribution in [0.25, 0.3) is 0 Å². The smallest absolute Gasteiger partial charge is 0.176 e. The maximum atomic E-state index is 14.0. The predicted octanol–water partition coefficient (Wildman–Crippen LogP) is 2.21. The highest BCUT2D eigenvalue weighted by molar-refractivity contribution is 6.01. The van der Waals surface area contributed by atoms with Crippen molar-refractivity contribution >= 4 is 5.78 Å². The van der Waals surface area contributed by atoms with Crippen molar-refractivity contribution in [3.8, 4) is 0 Å². The Hall–Kier alpha value is -1.33. The summed E-state index contributed by atoms with van der Waals surface area (Å²) in [5, 5.41) is 0. The zero-order chi connectivity index (χ0) is 14.0. The summed E-state index contributed by atoms with van der Waals surface area (Å²) in [4.78, 5) is 12.5. The normalized spacial score (nSPS) is 18.3. The molecule has 1 aromatic rings. The second kappa shape index (κ2) is 5.35. The van der Waals surface area contributed by atoms with Gasteiger partial charge in [-0.05, 0) is 31.4 Å². The highest BCUT2D eigenvalue weighted by atomic mass is 19.1. The van der Waals surface area contributed by atoms with E-state index in [2.05, 4.69) is 0 Å². The fraction of sp³-hybridized carbons (Fsp3) is 0.500. The van der Waals surface area contributed by atoms with Crippen molar-refractivity contribution in [3.63, 3.8) is 0 Å². The van der Waals surface area contributed by atoms with Crippen LogP contribution in [-0.4, -0.2) is 25.5 Å². The van der Waals surface area contributed by atoms with Gasteiger partial charge in [-0.15, -0.1) is 0 Å². The summed E-state index contributed by atoms with van der Waals surface area (Å²) < 4.78 is 33.1. The van der Waals surface area contributed by atoms with E-state index in [-0.39, 0.29) is 12.1 Å². The Labute approximate surface area is 110 Å². The first kappa shape index (κ1) is 14.1. The summed E-state index contributed by atoms with van der Waals surface area (Å²) >= 11 is 0. The van der Waals surface area contributed by atoms with Gasteiger partial charge in [-0.25, -0.2) is 8.78 Å². The molecule has 104 valence electrons. The molecule has 2 N–H and O–H groups in total. The summed E-state index contributed by atoms with van der Waals surface area (Å²) in [6.45, 7) is 2.35. The molecule has 0 bridgehead atoms. The van der Waals surface area contributed by atoms with Crippen LogP contribution in [-0.2, 0) is 4.74 Å². The third kappa shape index (κ3) is 2.40. The van der Waals surface area contributed by atoms with Gasteiger partial charge in [0.25, 0.3) is 0 Å². The number of hydrogen-bond acceptors (Lipinski definition) is 3. The second-order valence-electron chi connectivity index (χ2n) is 4.98. The molecule has 0 atom stereocenters. The average molecular weight is 269 g/mol. The maximum absolute atomic E-state index is 14.0. The molecule has 5 heteroatoms. The lowest BCUT2D eigenvalue weighted by molar-refractivity contribution is 0.0195. The number of aryl methyl sites for hydroxylation is 1. The van der Waals surface area contributed by atoms with Gasteiger partial charge >= 0.3 is 0 Å². The molecule has 3 nitrogen and oxygen atoms in total. The predicted molar refractivity (Wildman–Crippen MR) is 67.0 cm³/mol. The summed E-state index contributed by atoms with van der Waals surface area (Å²) in [5.41, 5.74) is 4.57. The van der Waals surface area contributed by atoms with E-state index in [0.29, 0.717) is 26.1 Å². The van der Waals surface area contributed by atoms with Gasteiger partial charge < -0.3 is 10.5 Å². The monoisotopic (exact) mass is 269 g/mol. The van der Waals surface area contributed by atoms with Crippen LogP contribution in [0.5, 0.6) is 0 Å². The Kier molecular flexibility index (Phi) is 3.96. The lowest BCUT2D eigenvalue weighted by Gasteiger charge is -2.34. The molecule has 1 saturated heterocycles. The molecule has 1 aliphatic heterocycles. The quantitative estimate of drug-likeness (QED) is 0.856. The number of rotatable bonds is 3. The first-order chi connectivity index (χ1) is 9.02. The fourth-order valence-electron chi connectivity index (χ4n) is 2.42. The Bertz CT molecular complexity index is 496. The molecule has 0 unspecified atom stereocenters. The van der Waals surface area contributed by atoms with E-state index in [0.717, 1.165) is 6.07 Å². The Morgan fingerprint density at radius 1 is 1.37 bits per heavy atom. The molecule has 1 heterocycles. The molecule has 0 radical (unpaired) electrons. The Morgan fingerprint density at radius 2 is 2.00 bits per heavy atom. The van der Waals surface area contributed by atoms with Gasteiger partial charge in [0, 0.05) is 19.8 Å². The number of ether oxygens (including phenoxy) is 1. The van der Waals surface area contributed by atoms with Gasteiger partial charge in [0.1, 0.15) is 11.6 Å². The molecule has 1 aromatic carbocycles. The van der Waals surface area contributed by atoms with Crippen LogP contribution in [0.3, 0.4) is 0 Å². The topological polar surface area (TPSA) is 52.3 Å². The van der Waals surface area contributed by atoms with E-state index in [1.165, 1.54) is 13.0 Å².